The maximum absolute atomic E-state index is 3.69. The first-order chi connectivity index (χ1) is 7.33. The van der Waals surface area contributed by atoms with E-state index in [1.165, 1.54) is 18.4 Å². The summed E-state index contributed by atoms with van der Waals surface area (Å²) in [7, 11) is 2.99. The second-order valence-corrected chi connectivity index (χ2v) is 7.77. The van der Waals surface area contributed by atoms with Crippen LogP contribution in [0.25, 0.3) is 0 Å². The molecule has 1 fully saturated rings. The van der Waals surface area contributed by atoms with Crippen molar-refractivity contribution in [3.05, 3.63) is 35.9 Å². The zero-order valence-corrected chi connectivity index (χ0v) is 11.2. The Morgan fingerprint density at radius 3 is 2.73 bits per heavy atom. The third kappa shape index (κ3) is 2.59. The van der Waals surface area contributed by atoms with Crippen LogP contribution in [0.5, 0.6) is 0 Å². The first-order valence-corrected chi connectivity index (χ1v) is 7.80. The van der Waals surface area contributed by atoms with Crippen molar-refractivity contribution in [2.45, 2.75) is 30.8 Å². The maximum Gasteiger partial charge on any atom is 0.0178 e. The molecule has 15 heavy (non-hydrogen) atoms. The number of nitrogens with one attached hydrogen (secondary N) is 1. The molecule has 0 aliphatic carbocycles. The molecule has 1 saturated heterocycles. The van der Waals surface area contributed by atoms with Crippen LogP contribution >= 0.6 is 17.3 Å². The van der Waals surface area contributed by atoms with E-state index in [9.17, 15) is 0 Å². The molecule has 0 radical (unpaired) electrons. The first-order valence-electron chi connectivity index (χ1n) is 5.65. The molecule has 1 aromatic rings. The van der Waals surface area contributed by atoms with E-state index in [0.717, 1.165) is 17.6 Å². The SMILES string of the molecule is CCNP1[C@@H](c2ccccc2)CC[C@@H]1P. The number of benzene rings is 1. The lowest BCUT2D eigenvalue weighted by Crippen LogP contribution is -2.11. The quantitative estimate of drug-likeness (QED) is 0.792. The van der Waals surface area contributed by atoms with Crippen molar-refractivity contribution in [1.29, 1.82) is 0 Å². The van der Waals surface area contributed by atoms with E-state index in [1.807, 2.05) is 0 Å². The average Bonchev–Trinajstić information content (AvgIpc) is 2.63. The number of hydrogen-bond donors (Lipinski definition) is 1. The molecule has 0 spiro atoms. The molecule has 1 aromatic carbocycles. The van der Waals surface area contributed by atoms with Gasteiger partial charge in [0.05, 0.1) is 0 Å². The van der Waals surface area contributed by atoms with Crippen LogP contribution in [0.1, 0.15) is 31.0 Å². The fourth-order valence-electron chi connectivity index (χ4n) is 2.25. The summed E-state index contributed by atoms with van der Waals surface area (Å²) in [5.74, 6) is 0. The molecular weight excluding hydrogens is 220 g/mol. The molecular formula is C12H19NP2. The fourth-order valence-corrected chi connectivity index (χ4v) is 6.01. The van der Waals surface area contributed by atoms with Crippen LogP contribution in [-0.4, -0.2) is 11.9 Å². The van der Waals surface area contributed by atoms with E-state index in [-0.39, 0.29) is 8.07 Å². The normalized spacial score (nSPS) is 30.7. The van der Waals surface area contributed by atoms with Gasteiger partial charge in [-0.2, -0.15) is 0 Å². The van der Waals surface area contributed by atoms with E-state index >= 15 is 0 Å². The topological polar surface area (TPSA) is 12.0 Å². The maximum atomic E-state index is 3.69. The van der Waals surface area contributed by atoms with Gasteiger partial charge in [-0.3, -0.25) is 5.09 Å². The van der Waals surface area contributed by atoms with Crippen LogP contribution in [0, 0.1) is 0 Å². The lowest BCUT2D eigenvalue weighted by Gasteiger charge is -2.24. The molecule has 0 amide bonds. The van der Waals surface area contributed by atoms with Gasteiger partial charge >= 0.3 is 0 Å². The van der Waals surface area contributed by atoms with Crippen LogP contribution < -0.4 is 5.09 Å². The molecule has 3 heteroatoms. The van der Waals surface area contributed by atoms with Crippen molar-refractivity contribution in [3.63, 3.8) is 0 Å². The third-order valence-electron chi connectivity index (χ3n) is 2.95. The second kappa shape index (κ2) is 5.39. The second-order valence-electron chi connectivity index (χ2n) is 3.99. The average molecular weight is 239 g/mol. The Bertz CT molecular complexity index is 302. The molecule has 0 bridgehead atoms. The van der Waals surface area contributed by atoms with Gasteiger partial charge < -0.3 is 0 Å². The molecule has 1 aliphatic rings. The van der Waals surface area contributed by atoms with Gasteiger partial charge in [0.25, 0.3) is 0 Å². The van der Waals surface area contributed by atoms with Gasteiger partial charge in [0.15, 0.2) is 0 Å². The summed E-state index contributed by atoms with van der Waals surface area (Å²) in [6.45, 7) is 3.31. The van der Waals surface area contributed by atoms with Gasteiger partial charge in [-0.05, 0) is 33.0 Å². The summed E-state index contributed by atoms with van der Waals surface area (Å²) in [6.07, 6.45) is 2.69. The zero-order chi connectivity index (χ0) is 10.7. The standard InChI is InChI=1S/C12H19NP2/c1-2-13-15-11(8-9-12(15)14)10-6-4-3-5-7-10/h3-7,11-13H,2,8-9,14H2,1H3/t11-,12-,15?/m1/s1. The van der Waals surface area contributed by atoms with Crippen molar-refractivity contribution in [2.24, 2.45) is 0 Å². The minimum Gasteiger partial charge on any atom is -0.295 e. The van der Waals surface area contributed by atoms with Gasteiger partial charge in [-0.25, -0.2) is 0 Å². The first kappa shape index (κ1) is 11.5. The van der Waals surface area contributed by atoms with Crippen molar-refractivity contribution < 1.29 is 0 Å². The predicted octanol–water partition coefficient (Wildman–Crippen LogP) is 3.73. The van der Waals surface area contributed by atoms with Crippen molar-refractivity contribution in [3.8, 4) is 0 Å². The van der Waals surface area contributed by atoms with Gasteiger partial charge in [-0.15, -0.1) is 9.24 Å². The Morgan fingerprint density at radius 1 is 1.33 bits per heavy atom. The summed E-state index contributed by atoms with van der Waals surface area (Å²) in [4.78, 5) is 0. The minimum absolute atomic E-state index is 0.0332. The van der Waals surface area contributed by atoms with Crippen LogP contribution in [0.3, 0.4) is 0 Å². The summed E-state index contributed by atoms with van der Waals surface area (Å²) in [5.41, 5.74) is 2.29. The summed E-state index contributed by atoms with van der Waals surface area (Å²) < 4.78 is 0. The van der Waals surface area contributed by atoms with Crippen LogP contribution in [0.2, 0.25) is 0 Å². The third-order valence-corrected chi connectivity index (χ3v) is 7.13. The van der Waals surface area contributed by atoms with E-state index in [4.69, 9.17) is 0 Å². The summed E-state index contributed by atoms with van der Waals surface area (Å²) in [5, 5.41) is 4.48. The molecule has 2 rings (SSSR count). The van der Waals surface area contributed by atoms with Crippen LogP contribution in [-0.2, 0) is 0 Å². The Morgan fingerprint density at radius 2 is 2.07 bits per heavy atom. The molecule has 82 valence electrons. The highest BCUT2D eigenvalue weighted by Gasteiger charge is 2.33. The molecule has 0 aromatic heterocycles. The molecule has 4 atom stereocenters. The highest BCUT2D eigenvalue weighted by atomic mass is 31.2. The van der Waals surface area contributed by atoms with Crippen LogP contribution in [0.15, 0.2) is 30.3 Å². The minimum atomic E-state index is -0.0332. The molecule has 1 aliphatic heterocycles. The largest absolute Gasteiger partial charge is 0.295 e. The molecule has 1 heterocycles. The number of hydrogen-bond acceptors (Lipinski definition) is 1. The van der Waals surface area contributed by atoms with Crippen molar-refractivity contribution in [1.82, 2.24) is 5.09 Å². The molecule has 1 N–H and O–H groups in total. The van der Waals surface area contributed by atoms with Crippen LogP contribution in [0.4, 0.5) is 0 Å². The van der Waals surface area contributed by atoms with Crippen molar-refractivity contribution >= 4 is 17.3 Å². The lowest BCUT2D eigenvalue weighted by atomic mass is 10.1. The Hall–Kier alpha value is 0.0400. The summed E-state index contributed by atoms with van der Waals surface area (Å²) in [6, 6.07) is 11.0. The molecule has 0 saturated carbocycles. The van der Waals surface area contributed by atoms with Gasteiger partial charge in [0.1, 0.15) is 0 Å². The zero-order valence-electron chi connectivity index (χ0n) is 9.19. The van der Waals surface area contributed by atoms with Gasteiger partial charge in [0.2, 0.25) is 0 Å². The van der Waals surface area contributed by atoms with E-state index < -0.39 is 0 Å². The molecule has 1 nitrogen and oxygen atoms in total. The molecule has 2 unspecified atom stereocenters. The predicted molar refractivity (Wildman–Crippen MR) is 72.5 cm³/mol. The van der Waals surface area contributed by atoms with E-state index in [1.54, 1.807) is 0 Å². The Balaban J connectivity index is 2.15. The van der Waals surface area contributed by atoms with Gasteiger partial charge in [0, 0.05) is 11.1 Å². The van der Waals surface area contributed by atoms with Crippen molar-refractivity contribution in [2.75, 3.05) is 6.54 Å². The lowest BCUT2D eigenvalue weighted by molar-refractivity contribution is 0.813. The van der Waals surface area contributed by atoms with E-state index in [0.29, 0.717) is 0 Å². The highest BCUT2D eigenvalue weighted by molar-refractivity contribution is 7.64. The highest BCUT2D eigenvalue weighted by Crippen LogP contribution is 2.62. The number of rotatable bonds is 3. The summed E-state index contributed by atoms with van der Waals surface area (Å²) >= 11 is 0. The van der Waals surface area contributed by atoms with E-state index in [2.05, 4.69) is 51.6 Å². The van der Waals surface area contributed by atoms with Gasteiger partial charge in [-0.1, -0.05) is 37.3 Å². The Labute approximate surface area is 96.1 Å². The fraction of sp³-hybridized carbons (Fsp3) is 0.500. The monoisotopic (exact) mass is 239 g/mol. The Kier molecular flexibility index (Phi) is 4.14. The smallest absolute Gasteiger partial charge is 0.0178 e.